The molecule has 94 valence electrons. The zero-order chi connectivity index (χ0) is 12.5. The standard InChI is InChI=1S/C13H16F3N/c1-2-10-5-3-4-6-11(10)9-17(12-7-8-12)13(14,15)16/h3-6,12H,2,7-9H2,1H3. The second-order valence-electron chi connectivity index (χ2n) is 4.45. The van der Waals surface area contributed by atoms with Crippen LogP contribution < -0.4 is 0 Å². The van der Waals surface area contributed by atoms with Gasteiger partial charge in [0, 0.05) is 12.6 Å². The van der Waals surface area contributed by atoms with Crippen molar-refractivity contribution in [3.8, 4) is 0 Å². The molecule has 1 fully saturated rings. The van der Waals surface area contributed by atoms with Gasteiger partial charge in [-0.15, -0.1) is 0 Å². The monoisotopic (exact) mass is 243 g/mol. The molecule has 0 radical (unpaired) electrons. The van der Waals surface area contributed by atoms with Crippen molar-refractivity contribution in [2.24, 2.45) is 0 Å². The molecule has 0 heterocycles. The summed E-state index contributed by atoms with van der Waals surface area (Å²) >= 11 is 0. The van der Waals surface area contributed by atoms with Crippen LogP contribution in [0.3, 0.4) is 0 Å². The average Bonchev–Trinajstić information content (AvgIpc) is 3.08. The second kappa shape index (κ2) is 4.69. The van der Waals surface area contributed by atoms with Gasteiger partial charge >= 0.3 is 6.30 Å². The molecule has 0 bridgehead atoms. The maximum Gasteiger partial charge on any atom is 0.460 e. The summed E-state index contributed by atoms with van der Waals surface area (Å²) in [5, 5.41) is 0. The molecule has 0 N–H and O–H groups in total. The molecule has 0 saturated heterocycles. The van der Waals surface area contributed by atoms with E-state index in [9.17, 15) is 13.2 Å². The summed E-state index contributed by atoms with van der Waals surface area (Å²) < 4.78 is 38.6. The predicted molar refractivity (Wildman–Crippen MR) is 60.4 cm³/mol. The first kappa shape index (κ1) is 12.4. The normalized spacial score (nSPS) is 16.5. The van der Waals surface area contributed by atoms with Crippen molar-refractivity contribution in [3.63, 3.8) is 0 Å². The first-order valence-electron chi connectivity index (χ1n) is 5.92. The van der Waals surface area contributed by atoms with Gasteiger partial charge in [0.25, 0.3) is 0 Å². The highest BCUT2D eigenvalue weighted by Crippen LogP contribution is 2.37. The van der Waals surface area contributed by atoms with Gasteiger partial charge in [0.1, 0.15) is 0 Å². The van der Waals surface area contributed by atoms with Crippen LogP contribution in [0.5, 0.6) is 0 Å². The number of hydrogen-bond acceptors (Lipinski definition) is 1. The van der Waals surface area contributed by atoms with Gasteiger partial charge in [0.15, 0.2) is 0 Å². The van der Waals surface area contributed by atoms with E-state index in [4.69, 9.17) is 0 Å². The lowest BCUT2D eigenvalue weighted by Crippen LogP contribution is -2.39. The number of hydrogen-bond donors (Lipinski definition) is 0. The summed E-state index contributed by atoms with van der Waals surface area (Å²) in [6.07, 6.45) is -2.13. The average molecular weight is 243 g/mol. The fourth-order valence-corrected chi connectivity index (χ4v) is 2.05. The Morgan fingerprint density at radius 2 is 1.76 bits per heavy atom. The van der Waals surface area contributed by atoms with Crippen molar-refractivity contribution in [1.82, 2.24) is 4.90 Å². The highest BCUT2D eigenvalue weighted by atomic mass is 19.4. The fraction of sp³-hybridized carbons (Fsp3) is 0.538. The Balaban J connectivity index is 2.17. The van der Waals surface area contributed by atoms with Crippen LogP contribution in [-0.4, -0.2) is 17.2 Å². The lowest BCUT2D eigenvalue weighted by Gasteiger charge is -2.25. The molecule has 4 heteroatoms. The molecular formula is C13H16F3N. The van der Waals surface area contributed by atoms with E-state index in [1.807, 2.05) is 19.1 Å². The van der Waals surface area contributed by atoms with E-state index in [0.717, 1.165) is 17.5 Å². The van der Waals surface area contributed by atoms with Gasteiger partial charge in [-0.3, -0.25) is 0 Å². The number of alkyl halides is 3. The van der Waals surface area contributed by atoms with Crippen molar-refractivity contribution in [1.29, 1.82) is 0 Å². The van der Waals surface area contributed by atoms with E-state index in [1.165, 1.54) is 0 Å². The molecule has 17 heavy (non-hydrogen) atoms. The summed E-state index contributed by atoms with van der Waals surface area (Å²) in [5.41, 5.74) is 1.79. The molecule has 0 unspecified atom stereocenters. The zero-order valence-corrected chi connectivity index (χ0v) is 9.80. The molecule has 0 aromatic heterocycles. The third-order valence-corrected chi connectivity index (χ3v) is 3.15. The Morgan fingerprint density at radius 3 is 2.24 bits per heavy atom. The number of halogens is 3. The summed E-state index contributed by atoms with van der Waals surface area (Å²) in [5.74, 6) is 0. The lowest BCUT2D eigenvalue weighted by molar-refractivity contribution is -0.253. The molecule has 0 amide bonds. The maximum absolute atomic E-state index is 12.9. The van der Waals surface area contributed by atoms with Crippen LogP contribution in [0.15, 0.2) is 24.3 Å². The molecule has 1 aliphatic carbocycles. The molecule has 1 saturated carbocycles. The molecule has 1 aromatic carbocycles. The van der Waals surface area contributed by atoms with E-state index in [-0.39, 0.29) is 12.6 Å². The van der Waals surface area contributed by atoms with E-state index in [2.05, 4.69) is 0 Å². The third kappa shape index (κ3) is 3.00. The van der Waals surface area contributed by atoms with E-state index in [1.54, 1.807) is 12.1 Å². The van der Waals surface area contributed by atoms with Gasteiger partial charge in [-0.05, 0) is 30.4 Å². The van der Waals surface area contributed by atoms with Crippen LogP contribution in [-0.2, 0) is 13.0 Å². The van der Waals surface area contributed by atoms with Crippen molar-refractivity contribution in [3.05, 3.63) is 35.4 Å². The summed E-state index contributed by atoms with van der Waals surface area (Å²) in [6, 6.07) is 7.06. The highest BCUT2D eigenvalue weighted by molar-refractivity contribution is 5.27. The van der Waals surface area contributed by atoms with Crippen molar-refractivity contribution >= 4 is 0 Å². The minimum Gasteiger partial charge on any atom is -0.207 e. The second-order valence-corrected chi connectivity index (χ2v) is 4.45. The van der Waals surface area contributed by atoms with Gasteiger partial charge in [0.05, 0.1) is 0 Å². The molecule has 2 rings (SSSR count). The van der Waals surface area contributed by atoms with Gasteiger partial charge < -0.3 is 0 Å². The van der Waals surface area contributed by atoms with E-state index in [0.29, 0.717) is 17.7 Å². The number of rotatable bonds is 4. The Morgan fingerprint density at radius 1 is 1.18 bits per heavy atom. The molecule has 1 nitrogen and oxygen atoms in total. The summed E-state index contributed by atoms with van der Waals surface area (Å²) in [4.78, 5) is 0.668. The fourth-order valence-electron chi connectivity index (χ4n) is 2.05. The quantitative estimate of drug-likeness (QED) is 0.728. The first-order valence-corrected chi connectivity index (χ1v) is 5.92. The number of benzene rings is 1. The summed E-state index contributed by atoms with van der Waals surface area (Å²) in [6.45, 7) is 1.95. The molecule has 1 aliphatic rings. The van der Waals surface area contributed by atoms with Crippen LogP contribution in [0.25, 0.3) is 0 Å². The SMILES string of the molecule is CCc1ccccc1CN(C1CC1)C(F)(F)F. The first-order chi connectivity index (χ1) is 8.02. The van der Waals surface area contributed by atoms with Crippen molar-refractivity contribution < 1.29 is 13.2 Å². The molecular weight excluding hydrogens is 227 g/mol. The number of aryl methyl sites for hydroxylation is 1. The minimum atomic E-state index is -4.22. The smallest absolute Gasteiger partial charge is 0.207 e. The lowest BCUT2D eigenvalue weighted by atomic mass is 10.1. The molecule has 0 aliphatic heterocycles. The topological polar surface area (TPSA) is 3.24 Å². The van der Waals surface area contributed by atoms with Crippen LogP contribution in [0.2, 0.25) is 0 Å². The Hall–Kier alpha value is -1.03. The van der Waals surface area contributed by atoms with Gasteiger partial charge in [-0.25, -0.2) is 4.90 Å². The van der Waals surface area contributed by atoms with Crippen LogP contribution in [0.4, 0.5) is 13.2 Å². The van der Waals surface area contributed by atoms with Gasteiger partial charge in [-0.2, -0.15) is 13.2 Å². The molecule has 0 atom stereocenters. The largest absolute Gasteiger partial charge is 0.460 e. The van der Waals surface area contributed by atoms with E-state index >= 15 is 0 Å². The van der Waals surface area contributed by atoms with Gasteiger partial charge in [-0.1, -0.05) is 31.2 Å². The van der Waals surface area contributed by atoms with Crippen molar-refractivity contribution in [2.75, 3.05) is 0 Å². The van der Waals surface area contributed by atoms with E-state index < -0.39 is 6.30 Å². The predicted octanol–water partition coefficient (Wildman–Crippen LogP) is 3.73. The Kier molecular flexibility index (Phi) is 3.43. The molecule has 1 aromatic rings. The molecule has 0 spiro atoms. The Bertz CT molecular complexity index is 382. The zero-order valence-electron chi connectivity index (χ0n) is 9.80. The Labute approximate surface area is 99.2 Å². The number of nitrogens with zero attached hydrogens (tertiary/aromatic N) is 1. The van der Waals surface area contributed by atoms with Crippen LogP contribution in [0.1, 0.15) is 30.9 Å². The summed E-state index contributed by atoms with van der Waals surface area (Å²) in [7, 11) is 0. The van der Waals surface area contributed by atoms with Gasteiger partial charge in [0.2, 0.25) is 0 Å². The minimum absolute atomic E-state index is 0.0157. The van der Waals surface area contributed by atoms with Crippen molar-refractivity contribution in [2.45, 2.75) is 45.1 Å². The van der Waals surface area contributed by atoms with Crippen LogP contribution >= 0.6 is 0 Å². The maximum atomic E-state index is 12.9. The third-order valence-electron chi connectivity index (χ3n) is 3.15. The van der Waals surface area contributed by atoms with Crippen LogP contribution in [0, 0.1) is 0 Å². The highest BCUT2D eigenvalue weighted by Gasteiger charge is 2.46.